The molecule has 0 N–H and O–H groups in total. The molecule has 1 radical (unpaired) electrons. The van der Waals surface area contributed by atoms with Crippen LogP contribution in [0.5, 0.6) is 0 Å². The second-order valence-electron chi connectivity index (χ2n) is 1.42. The van der Waals surface area contributed by atoms with Crippen LogP contribution in [0.3, 0.4) is 0 Å². The van der Waals surface area contributed by atoms with Gasteiger partial charge < -0.3 is 16.3 Å². The van der Waals surface area contributed by atoms with Crippen molar-refractivity contribution in [3.8, 4) is 0 Å². The van der Waals surface area contributed by atoms with Crippen molar-refractivity contribution in [3.63, 3.8) is 0 Å². The Bertz CT molecular complexity index is 145. The minimum absolute atomic E-state index is 0. The van der Waals surface area contributed by atoms with E-state index in [0.717, 1.165) is 10.7 Å². The largest absolute Gasteiger partial charge is 0.361 e. The van der Waals surface area contributed by atoms with Gasteiger partial charge in [0.1, 0.15) is 0 Å². The zero-order valence-electron chi connectivity index (χ0n) is 4.80. The number of aryl methyl sites for hydroxylation is 2. The average molecular weight is 163 g/mol. The van der Waals surface area contributed by atoms with Gasteiger partial charge in [-0.3, -0.25) is 0 Å². The molecule has 0 atom stereocenters. The molecule has 0 bridgehead atoms. The third-order valence-electron chi connectivity index (χ3n) is 0.672. The van der Waals surface area contributed by atoms with Gasteiger partial charge in [-0.1, -0.05) is 17.6 Å². The molecule has 0 unspecified atom stereocenters. The van der Waals surface area contributed by atoms with Crippen molar-refractivity contribution >= 4 is 11.3 Å². The molecular formula is C5H6NSV-. The van der Waals surface area contributed by atoms with Gasteiger partial charge in [0.15, 0.2) is 0 Å². The third kappa shape index (κ3) is 1.99. The molecule has 0 aromatic carbocycles. The quantitative estimate of drug-likeness (QED) is 0.529. The van der Waals surface area contributed by atoms with Gasteiger partial charge in [-0.05, 0) is 6.92 Å². The first kappa shape index (κ1) is 8.21. The van der Waals surface area contributed by atoms with Gasteiger partial charge in [0.2, 0.25) is 0 Å². The maximum absolute atomic E-state index is 4.07. The Labute approximate surface area is 65.0 Å². The Morgan fingerprint density at radius 1 is 1.50 bits per heavy atom. The molecule has 1 rings (SSSR count). The van der Waals surface area contributed by atoms with Gasteiger partial charge in [0, 0.05) is 18.6 Å². The van der Waals surface area contributed by atoms with Gasteiger partial charge in [-0.25, -0.2) is 0 Å². The summed E-state index contributed by atoms with van der Waals surface area (Å²) < 4.78 is 0. The Balaban J connectivity index is 0.000000490. The summed E-state index contributed by atoms with van der Waals surface area (Å²) in [6.07, 6.45) is 0. The van der Waals surface area contributed by atoms with E-state index in [0.29, 0.717) is 0 Å². The molecule has 43 valence electrons. The second-order valence-corrected chi connectivity index (χ2v) is 2.42. The Hall–Kier alpha value is 0.214. The predicted molar refractivity (Wildman–Crippen MR) is 30.4 cm³/mol. The van der Waals surface area contributed by atoms with Crippen LogP contribution >= 0.6 is 11.3 Å². The van der Waals surface area contributed by atoms with Crippen molar-refractivity contribution in [3.05, 3.63) is 16.1 Å². The van der Waals surface area contributed by atoms with Gasteiger partial charge >= 0.3 is 0 Å². The molecule has 0 spiro atoms. The third-order valence-corrected chi connectivity index (χ3v) is 1.46. The molecule has 0 saturated carbocycles. The fourth-order valence-corrected chi connectivity index (χ4v) is 0.953. The van der Waals surface area contributed by atoms with Gasteiger partial charge in [0.25, 0.3) is 0 Å². The van der Waals surface area contributed by atoms with E-state index in [4.69, 9.17) is 0 Å². The SMILES string of the molecule is Cc1[c-]sc(C)n1.[V]. The van der Waals surface area contributed by atoms with E-state index in [1.165, 1.54) is 0 Å². The van der Waals surface area contributed by atoms with Gasteiger partial charge in [-0.15, -0.1) is 0 Å². The Morgan fingerprint density at radius 3 is 2.25 bits per heavy atom. The standard InChI is InChI=1S/C5H6NS.V/c1-4-3-7-5(2)6-4;/h1-2H3;/q-1;. The minimum Gasteiger partial charge on any atom is -0.361 e. The molecule has 1 aromatic rings. The fraction of sp³-hybridized carbons (Fsp3) is 0.400. The van der Waals surface area contributed by atoms with Crippen molar-refractivity contribution in [2.75, 3.05) is 0 Å². The minimum atomic E-state index is 0. The summed E-state index contributed by atoms with van der Waals surface area (Å²) in [5.74, 6) is 0. The zero-order chi connectivity index (χ0) is 5.28. The van der Waals surface area contributed by atoms with Crippen LogP contribution in [0.4, 0.5) is 0 Å². The normalized spacial score (nSPS) is 8.25. The van der Waals surface area contributed by atoms with Crippen LogP contribution in [-0.4, -0.2) is 4.98 Å². The molecule has 0 saturated heterocycles. The topological polar surface area (TPSA) is 12.9 Å². The monoisotopic (exact) mass is 163 g/mol. The van der Waals surface area contributed by atoms with Crippen LogP contribution in [0.2, 0.25) is 0 Å². The predicted octanol–water partition coefficient (Wildman–Crippen LogP) is 1.56. The number of hydrogen-bond donors (Lipinski definition) is 0. The molecule has 1 nitrogen and oxygen atoms in total. The van der Waals surface area contributed by atoms with E-state index >= 15 is 0 Å². The van der Waals surface area contributed by atoms with Gasteiger partial charge in [0.05, 0.1) is 0 Å². The van der Waals surface area contributed by atoms with Crippen molar-refractivity contribution in [2.24, 2.45) is 0 Å². The summed E-state index contributed by atoms with van der Waals surface area (Å²) in [4.78, 5) is 4.07. The molecule has 0 aliphatic carbocycles. The van der Waals surface area contributed by atoms with Crippen LogP contribution in [-0.2, 0) is 18.6 Å². The Morgan fingerprint density at radius 2 is 2.12 bits per heavy atom. The van der Waals surface area contributed by atoms with Crippen LogP contribution in [0.1, 0.15) is 10.7 Å². The number of aromatic nitrogens is 1. The summed E-state index contributed by atoms with van der Waals surface area (Å²) in [6, 6.07) is 0. The van der Waals surface area contributed by atoms with E-state index in [1.807, 2.05) is 13.8 Å². The molecule has 1 heterocycles. The fourth-order valence-electron chi connectivity index (χ4n) is 0.430. The van der Waals surface area contributed by atoms with Crippen molar-refractivity contribution in [1.82, 2.24) is 4.98 Å². The number of rotatable bonds is 0. The molecule has 8 heavy (non-hydrogen) atoms. The summed E-state index contributed by atoms with van der Waals surface area (Å²) in [5, 5.41) is 4.09. The molecular weight excluding hydrogens is 157 g/mol. The van der Waals surface area contributed by atoms with Crippen molar-refractivity contribution < 1.29 is 18.6 Å². The first-order chi connectivity index (χ1) is 3.29. The maximum atomic E-state index is 4.07. The first-order valence-corrected chi connectivity index (χ1v) is 2.92. The molecule has 0 fully saturated rings. The van der Waals surface area contributed by atoms with Crippen LogP contribution in [0, 0.1) is 19.2 Å². The summed E-state index contributed by atoms with van der Waals surface area (Å²) in [6.45, 7) is 3.93. The molecule has 0 aliphatic heterocycles. The molecule has 0 aliphatic rings. The van der Waals surface area contributed by atoms with Gasteiger partial charge in [-0.2, -0.15) is 5.38 Å². The summed E-state index contributed by atoms with van der Waals surface area (Å²) in [7, 11) is 0. The van der Waals surface area contributed by atoms with E-state index in [2.05, 4.69) is 10.4 Å². The van der Waals surface area contributed by atoms with Crippen molar-refractivity contribution in [1.29, 1.82) is 0 Å². The molecule has 0 amide bonds. The smallest absolute Gasteiger partial charge is 0 e. The first-order valence-electron chi connectivity index (χ1n) is 2.11. The molecule has 3 heteroatoms. The second kappa shape index (κ2) is 3.28. The zero-order valence-corrected chi connectivity index (χ0v) is 7.02. The van der Waals surface area contributed by atoms with Crippen LogP contribution in [0.25, 0.3) is 0 Å². The summed E-state index contributed by atoms with van der Waals surface area (Å²) >= 11 is 1.57. The maximum Gasteiger partial charge on any atom is 0 e. The van der Waals surface area contributed by atoms with Crippen LogP contribution < -0.4 is 0 Å². The van der Waals surface area contributed by atoms with Crippen molar-refractivity contribution in [2.45, 2.75) is 13.8 Å². The number of hydrogen-bond acceptors (Lipinski definition) is 2. The van der Waals surface area contributed by atoms with E-state index in [-0.39, 0.29) is 18.6 Å². The van der Waals surface area contributed by atoms with E-state index in [9.17, 15) is 0 Å². The number of thiazole rings is 1. The van der Waals surface area contributed by atoms with Crippen LogP contribution in [0.15, 0.2) is 0 Å². The van der Waals surface area contributed by atoms with E-state index < -0.39 is 0 Å². The molecule has 1 aromatic heterocycles. The Kier molecular flexibility index (Phi) is 3.37. The number of nitrogens with zero attached hydrogens (tertiary/aromatic N) is 1. The van der Waals surface area contributed by atoms with E-state index in [1.54, 1.807) is 11.3 Å². The summed E-state index contributed by atoms with van der Waals surface area (Å²) in [5.41, 5.74) is 1.00. The average Bonchev–Trinajstić information content (AvgIpc) is 1.87.